The van der Waals surface area contributed by atoms with Gasteiger partial charge in [0, 0.05) is 17.5 Å². The number of pyridine rings is 1. The Kier molecular flexibility index (Phi) is 4.29. The van der Waals surface area contributed by atoms with Crippen LogP contribution in [0.3, 0.4) is 0 Å². The minimum absolute atomic E-state index is 0.232. The Morgan fingerprint density at radius 1 is 1.39 bits per heavy atom. The Hall–Kier alpha value is -2.41. The van der Waals surface area contributed by atoms with Crippen molar-refractivity contribution in [1.29, 1.82) is 0 Å². The molecule has 0 aliphatic carbocycles. The van der Waals surface area contributed by atoms with Crippen molar-refractivity contribution >= 4 is 44.6 Å². The number of halogens is 1. The number of nitrogens with zero attached hydrogens (tertiary/aromatic N) is 3. The van der Waals surface area contributed by atoms with E-state index in [-0.39, 0.29) is 11.9 Å². The summed E-state index contributed by atoms with van der Waals surface area (Å²) >= 11 is 3.21. The number of aromatic nitrogens is 3. The lowest BCUT2D eigenvalue weighted by Crippen LogP contribution is -2.08. The zero-order valence-corrected chi connectivity index (χ0v) is 14.2. The van der Waals surface area contributed by atoms with E-state index in [2.05, 4.69) is 31.3 Å². The third-order valence-electron chi connectivity index (χ3n) is 3.18. The maximum atomic E-state index is 11.9. The molecule has 3 aromatic heterocycles. The van der Waals surface area contributed by atoms with Gasteiger partial charge in [-0.15, -0.1) is 0 Å². The minimum atomic E-state index is -0.255. The Bertz CT molecular complexity index is 879. The van der Waals surface area contributed by atoms with Gasteiger partial charge in [-0.05, 0) is 54.1 Å². The molecule has 0 radical (unpaired) electrons. The van der Waals surface area contributed by atoms with E-state index in [4.69, 9.17) is 4.42 Å². The number of carbonyl (C=O) groups excluding carboxylic acids is 1. The van der Waals surface area contributed by atoms with Crippen LogP contribution in [0, 0.1) is 0 Å². The van der Waals surface area contributed by atoms with Crippen LogP contribution in [0.1, 0.15) is 25.6 Å². The van der Waals surface area contributed by atoms with Crippen LogP contribution >= 0.6 is 15.9 Å². The predicted molar refractivity (Wildman–Crippen MR) is 92.0 cm³/mol. The van der Waals surface area contributed by atoms with E-state index >= 15 is 0 Å². The number of anilines is 1. The zero-order valence-electron chi connectivity index (χ0n) is 12.7. The van der Waals surface area contributed by atoms with Crippen LogP contribution in [-0.4, -0.2) is 20.7 Å². The molecule has 3 rings (SSSR count). The van der Waals surface area contributed by atoms with E-state index in [1.54, 1.807) is 30.6 Å². The Morgan fingerprint density at radius 2 is 2.22 bits per heavy atom. The molecule has 118 valence electrons. The summed E-state index contributed by atoms with van der Waals surface area (Å²) in [5, 5.41) is 7.96. The topological polar surface area (TPSA) is 73.0 Å². The number of amides is 1. The second-order valence-electron chi connectivity index (χ2n) is 5.28. The smallest absolute Gasteiger partial charge is 0.248 e. The number of carbonyl (C=O) groups is 1. The lowest BCUT2D eigenvalue weighted by atomic mass is 10.3. The molecule has 0 unspecified atom stereocenters. The van der Waals surface area contributed by atoms with Crippen molar-refractivity contribution in [2.24, 2.45) is 0 Å². The molecule has 7 heteroatoms. The third-order valence-corrected chi connectivity index (χ3v) is 3.61. The summed E-state index contributed by atoms with van der Waals surface area (Å²) in [6.07, 6.45) is 6.38. The highest BCUT2D eigenvalue weighted by atomic mass is 79.9. The molecule has 0 saturated heterocycles. The van der Waals surface area contributed by atoms with E-state index in [1.807, 2.05) is 24.6 Å². The van der Waals surface area contributed by atoms with Crippen molar-refractivity contribution in [2.75, 3.05) is 5.32 Å². The van der Waals surface area contributed by atoms with Gasteiger partial charge in [-0.25, -0.2) is 9.67 Å². The molecular weight excluding hydrogens is 360 g/mol. The summed E-state index contributed by atoms with van der Waals surface area (Å²) in [4.78, 5) is 16.3. The fourth-order valence-corrected chi connectivity index (χ4v) is 2.47. The van der Waals surface area contributed by atoms with Crippen LogP contribution in [0.2, 0.25) is 0 Å². The first kappa shape index (κ1) is 15.5. The van der Waals surface area contributed by atoms with Gasteiger partial charge in [0.2, 0.25) is 5.91 Å². The van der Waals surface area contributed by atoms with E-state index in [0.29, 0.717) is 16.1 Å². The van der Waals surface area contributed by atoms with Gasteiger partial charge in [0.1, 0.15) is 5.76 Å². The first-order valence-electron chi connectivity index (χ1n) is 7.10. The van der Waals surface area contributed by atoms with Crippen LogP contribution in [0.15, 0.2) is 45.8 Å². The fourth-order valence-electron chi connectivity index (χ4n) is 2.15. The number of hydrogen-bond donors (Lipinski definition) is 1. The van der Waals surface area contributed by atoms with Crippen LogP contribution in [-0.2, 0) is 4.79 Å². The summed E-state index contributed by atoms with van der Waals surface area (Å²) in [5.74, 6) is 0.341. The molecule has 0 fully saturated rings. The molecule has 0 atom stereocenters. The largest absolute Gasteiger partial charge is 0.450 e. The highest BCUT2D eigenvalue weighted by Gasteiger charge is 2.08. The van der Waals surface area contributed by atoms with E-state index in [0.717, 1.165) is 11.0 Å². The summed E-state index contributed by atoms with van der Waals surface area (Å²) in [5.41, 5.74) is 1.42. The molecule has 3 aromatic rings. The molecule has 0 aromatic carbocycles. The molecule has 0 aliphatic heterocycles. The van der Waals surface area contributed by atoms with Gasteiger partial charge in [-0.3, -0.25) is 4.79 Å². The predicted octanol–water partition coefficient (Wildman–Crippen LogP) is 4.02. The van der Waals surface area contributed by atoms with Crippen molar-refractivity contribution in [1.82, 2.24) is 14.8 Å². The average Bonchev–Trinajstić information content (AvgIpc) is 3.10. The maximum absolute atomic E-state index is 11.9. The Morgan fingerprint density at radius 3 is 2.91 bits per heavy atom. The fraction of sp³-hybridized carbons (Fsp3) is 0.188. The van der Waals surface area contributed by atoms with Gasteiger partial charge in [0.25, 0.3) is 0 Å². The molecule has 1 amide bonds. The SMILES string of the molecule is CC(C)n1ncc2cc(NC(=O)/C=C/c3ccc(Br)o3)cnc21. The van der Waals surface area contributed by atoms with E-state index in [9.17, 15) is 4.79 Å². The lowest BCUT2D eigenvalue weighted by molar-refractivity contribution is -0.111. The minimum Gasteiger partial charge on any atom is -0.450 e. The van der Waals surface area contributed by atoms with Crippen molar-refractivity contribution in [3.63, 3.8) is 0 Å². The van der Waals surface area contributed by atoms with Crippen molar-refractivity contribution in [3.05, 3.63) is 47.1 Å². The molecule has 6 nitrogen and oxygen atoms in total. The van der Waals surface area contributed by atoms with Crippen molar-refractivity contribution in [3.8, 4) is 0 Å². The first-order chi connectivity index (χ1) is 11.0. The summed E-state index contributed by atoms with van der Waals surface area (Å²) in [7, 11) is 0. The highest BCUT2D eigenvalue weighted by molar-refractivity contribution is 9.10. The normalized spacial score (nSPS) is 11.7. The van der Waals surface area contributed by atoms with Gasteiger partial charge in [-0.2, -0.15) is 5.10 Å². The number of hydrogen-bond acceptors (Lipinski definition) is 4. The number of fused-ring (bicyclic) bond motifs is 1. The van der Waals surface area contributed by atoms with Gasteiger partial charge in [0.15, 0.2) is 10.3 Å². The van der Waals surface area contributed by atoms with E-state index < -0.39 is 0 Å². The van der Waals surface area contributed by atoms with Crippen LogP contribution in [0.4, 0.5) is 5.69 Å². The average molecular weight is 375 g/mol. The molecular formula is C16H15BrN4O2. The Labute approximate surface area is 141 Å². The number of nitrogens with one attached hydrogen (secondary N) is 1. The van der Waals surface area contributed by atoms with Crippen molar-refractivity contribution in [2.45, 2.75) is 19.9 Å². The lowest BCUT2D eigenvalue weighted by Gasteiger charge is -2.06. The maximum Gasteiger partial charge on any atom is 0.248 e. The monoisotopic (exact) mass is 374 g/mol. The first-order valence-corrected chi connectivity index (χ1v) is 7.90. The summed E-state index contributed by atoms with van der Waals surface area (Å²) in [6, 6.07) is 5.61. The Balaban J connectivity index is 1.73. The molecule has 0 aliphatic rings. The van der Waals surface area contributed by atoms with Crippen molar-refractivity contribution < 1.29 is 9.21 Å². The van der Waals surface area contributed by atoms with Crippen LogP contribution in [0.25, 0.3) is 17.1 Å². The van der Waals surface area contributed by atoms with E-state index in [1.165, 1.54) is 6.08 Å². The summed E-state index contributed by atoms with van der Waals surface area (Å²) < 4.78 is 7.76. The molecule has 0 bridgehead atoms. The highest BCUT2D eigenvalue weighted by Crippen LogP contribution is 2.19. The molecule has 1 N–H and O–H groups in total. The summed E-state index contributed by atoms with van der Waals surface area (Å²) in [6.45, 7) is 4.09. The zero-order chi connectivity index (χ0) is 16.4. The quantitative estimate of drug-likeness (QED) is 0.699. The molecule has 23 heavy (non-hydrogen) atoms. The van der Waals surface area contributed by atoms with Gasteiger partial charge in [-0.1, -0.05) is 0 Å². The number of furan rings is 1. The van der Waals surface area contributed by atoms with Gasteiger partial charge in [0.05, 0.1) is 18.1 Å². The molecule has 0 spiro atoms. The van der Waals surface area contributed by atoms with Crippen LogP contribution in [0.5, 0.6) is 0 Å². The second-order valence-corrected chi connectivity index (χ2v) is 6.07. The van der Waals surface area contributed by atoms with Crippen LogP contribution < -0.4 is 5.32 Å². The molecule has 3 heterocycles. The van der Waals surface area contributed by atoms with Gasteiger partial charge >= 0.3 is 0 Å². The second kappa shape index (κ2) is 6.37. The third kappa shape index (κ3) is 3.50. The number of rotatable bonds is 4. The standard InChI is InChI=1S/C16H15BrN4O2/c1-10(2)21-16-11(8-19-21)7-12(9-18-16)20-15(22)6-4-13-3-5-14(17)23-13/h3-10H,1-2H3,(H,20,22)/b6-4+. The van der Waals surface area contributed by atoms with Gasteiger partial charge < -0.3 is 9.73 Å². The molecule has 0 saturated carbocycles.